The standard InChI is InChI=1S/C18H35N5.HI/c1-6-8-9-16(7-2)12-21-18(19-5)22-13-17-20-10-11-23(17)14-15(3)4;/h10-11,15-16H,6-9,12-14H2,1-5H3,(H2,19,21,22);1H. The lowest BCUT2D eigenvalue weighted by Crippen LogP contribution is -2.39. The smallest absolute Gasteiger partial charge is 0.191 e. The molecule has 0 aromatic carbocycles. The molecule has 6 heteroatoms. The second-order valence-electron chi connectivity index (χ2n) is 6.61. The Bertz CT molecular complexity index is 456. The van der Waals surface area contributed by atoms with Crippen molar-refractivity contribution in [1.82, 2.24) is 20.2 Å². The van der Waals surface area contributed by atoms with Gasteiger partial charge in [0.2, 0.25) is 0 Å². The summed E-state index contributed by atoms with van der Waals surface area (Å²) in [5, 5.41) is 6.83. The zero-order chi connectivity index (χ0) is 17.1. The molecule has 0 saturated heterocycles. The van der Waals surface area contributed by atoms with Crippen molar-refractivity contribution in [2.75, 3.05) is 13.6 Å². The monoisotopic (exact) mass is 449 g/mol. The number of aromatic nitrogens is 2. The van der Waals surface area contributed by atoms with E-state index in [1.165, 1.54) is 25.7 Å². The summed E-state index contributed by atoms with van der Waals surface area (Å²) in [5.74, 6) is 3.25. The highest BCUT2D eigenvalue weighted by Gasteiger charge is 2.08. The molecule has 24 heavy (non-hydrogen) atoms. The molecule has 1 unspecified atom stereocenters. The molecule has 5 nitrogen and oxygen atoms in total. The maximum absolute atomic E-state index is 4.45. The van der Waals surface area contributed by atoms with Gasteiger partial charge in [0.1, 0.15) is 5.82 Å². The summed E-state index contributed by atoms with van der Waals surface area (Å²) >= 11 is 0. The van der Waals surface area contributed by atoms with Gasteiger partial charge in [-0.15, -0.1) is 24.0 Å². The van der Waals surface area contributed by atoms with Crippen LogP contribution in [0.5, 0.6) is 0 Å². The van der Waals surface area contributed by atoms with Gasteiger partial charge in [-0.1, -0.05) is 47.0 Å². The van der Waals surface area contributed by atoms with E-state index in [9.17, 15) is 0 Å². The molecule has 0 bridgehead atoms. The fourth-order valence-electron chi connectivity index (χ4n) is 2.63. The van der Waals surface area contributed by atoms with Gasteiger partial charge in [0.25, 0.3) is 0 Å². The summed E-state index contributed by atoms with van der Waals surface area (Å²) < 4.78 is 2.21. The third-order valence-electron chi connectivity index (χ3n) is 4.10. The molecule has 0 saturated carbocycles. The maximum atomic E-state index is 4.45. The van der Waals surface area contributed by atoms with E-state index in [1.807, 2.05) is 19.4 Å². The Balaban J connectivity index is 0.00000529. The summed E-state index contributed by atoms with van der Waals surface area (Å²) in [5.41, 5.74) is 0. The van der Waals surface area contributed by atoms with E-state index in [0.29, 0.717) is 12.5 Å². The van der Waals surface area contributed by atoms with Crippen molar-refractivity contribution in [3.05, 3.63) is 18.2 Å². The molecule has 1 aromatic heterocycles. The molecule has 140 valence electrons. The molecular weight excluding hydrogens is 413 g/mol. The Morgan fingerprint density at radius 3 is 2.62 bits per heavy atom. The average Bonchev–Trinajstić information content (AvgIpc) is 2.96. The predicted molar refractivity (Wildman–Crippen MR) is 114 cm³/mol. The average molecular weight is 449 g/mol. The van der Waals surface area contributed by atoms with Crippen LogP contribution in [0.25, 0.3) is 0 Å². The number of imidazole rings is 1. The molecule has 1 aromatic rings. The summed E-state index contributed by atoms with van der Waals surface area (Å²) in [6.45, 7) is 11.6. The van der Waals surface area contributed by atoms with Crippen LogP contribution >= 0.6 is 24.0 Å². The van der Waals surface area contributed by atoms with Gasteiger partial charge in [0.05, 0.1) is 6.54 Å². The van der Waals surface area contributed by atoms with Crippen molar-refractivity contribution >= 4 is 29.9 Å². The fourth-order valence-corrected chi connectivity index (χ4v) is 2.63. The van der Waals surface area contributed by atoms with Crippen molar-refractivity contribution in [1.29, 1.82) is 0 Å². The van der Waals surface area contributed by atoms with Crippen LogP contribution in [0.15, 0.2) is 17.4 Å². The highest BCUT2D eigenvalue weighted by molar-refractivity contribution is 14.0. The lowest BCUT2D eigenvalue weighted by molar-refractivity contribution is 0.443. The first-order valence-electron chi connectivity index (χ1n) is 9.05. The number of unbranched alkanes of at least 4 members (excludes halogenated alkanes) is 1. The largest absolute Gasteiger partial charge is 0.356 e. The zero-order valence-electron chi connectivity index (χ0n) is 16.0. The summed E-state index contributed by atoms with van der Waals surface area (Å²) in [6.07, 6.45) is 8.98. The molecule has 0 amide bonds. The fraction of sp³-hybridized carbons (Fsp3) is 0.778. The molecule has 0 spiro atoms. The van der Waals surface area contributed by atoms with Gasteiger partial charge in [-0.2, -0.15) is 0 Å². The second kappa shape index (κ2) is 13.5. The van der Waals surface area contributed by atoms with Crippen LogP contribution in [0.2, 0.25) is 0 Å². The normalized spacial score (nSPS) is 12.8. The minimum absolute atomic E-state index is 0. The van der Waals surface area contributed by atoms with Crippen molar-refractivity contribution in [2.45, 2.75) is 66.5 Å². The van der Waals surface area contributed by atoms with Crippen LogP contribution in [-0.4, -0.2) is 29.1 Å². The van der Waals surface area contributed by atoms with Crippen molar-refractivity contribution in [2.24, 2.45) is 16.8 Å². The maximum Gasteiger partial charge on any atom is 0.191 e. The van der Waals surface area contributed by atoms with Crippen LogP contribution in [-0.2, 0) is 13.1 Å². The lowest BCUT2D eigenvalue weighted by Gasteiger charge is -2.18. The molecule has 0 aliphatic rings. The van der Waals surface area contributed by atoms with Gasteiger partial charge in [0, 0.05) is 32.5 Å². The number of aliphatic imine (C=N–C) groups is 1. The Morgan fingerprint density at radius 2 is 2.04 bits per heavy atom. The Labute approximate surface area is 165 Å². The van der Waals surface area contributed by atoms with Crippen molar-refractivity contribution < 1.29 is 0 Å². The Morgan fingerprint density at radius 1 is 1.29 bits per heavy atom. The Hall–Kier alpha value is -0.790. The van der Waals surface area contributed by atoms with Crippen LogP contribution in [0.1, 0.15) is 59.2 Å². The molecule has 0 aliphatic carbocycles. The number of hydrogen-bond donors (Lipinski definition) is 2. The topological polar surface area (TPSA) is 54.2 Å². The number of hydrogen-bond acceptors (Lipinski definition) is 2. The predicted octanol–water partition coefficient (Wildman–Crippen LogP) is 4.04. The molecule has 1 heterocycles. The van der Waals surface area contributed by atoms with Crippen LogP contribution in [0.3, 0.4) is 0 Å². The first-order chi connectivity index (χ1) is 11.1. The van der Waals surface area contributed by atoms with Gasteiger partial charge in [0.15, 0.2) is 5.96 Å². The summed E-state index contributed by atoms with van der Waals surface area (Å²) in [7, 11) is 1.82. The summed E-state index contributed by atoms with van der Waals surface area (Å²) in [4.78, 5) is 8.77. The summed E-state index contributed by atoms with van der Waals surface area (Å²) in [6, 6.07) is 0. The minimum Gasteiger partial charge on any atom is -0.356 e. The van der Waals surface area contributed by atoms with E-state index in [-0.39, 0.29) is 24.0 Å². The van der Waals surface area contributed by atoms with E-state index >= 15 is 0 Å². The molecule has 1 rings (SSSR count). The Kier molecular flexibility index (Phi) is 13.1. The molecule has 2 N–H and O–H groups in total. The highest BCUT2D eigenvalue weighted by atomic mass is 127. The lowest BCUT2D eigenvalue weighted by atomic mass is 9.99. The molecule has 1 atom stereocenters. The zero-order valence-corrected chi connectivity index (χ0v) is 18.3. The first kappa shape index (κ1) is 23.2. The number of guanidine groups is 1. The van der Waals surface area contributed by atoms with Gasteiger partial charge in [-0.3, -0.25) is 4.99 Å². The van der Waals surface area contributed by atoms with Gasteiger partial charge < -0.3 is 15.2 Å². The number of halogens is 1. The van der Waals surface area contributed by atoms with Gasteiger partial charge >= 0.3 is 0 Å². The molecule has 0 aliphatic heterocycles. The van der Waals surface area contributed by atoms with Crippen LogP contribution < -0.4 is 10.6 Å². The van der Waals surface area contributed by atoms with Crippen LogP contribution in [0, 0.1) is 11.8 Å². The van der Waals surface area contributed by atoms with Crippen molar-refractivity contribution in [3.63, 3.8) is 0 Å². The van der Waals surface area contributed by atoms with E-state index in [1.54, 1.807) is 0 Å². The molecule has 0 fully saturated rings. The third kappa shape index (κ3) is 8.89. The van der Waals surface area contributed by atoms with Gasteiger partial charge in [-0.05, 0) is 18.3 Å². The van der Waals surface area contributed by atoms with E-state index in [0.717, 1.165) is 30.8 Å². The van der Waals surface area contributed by atoms with E-state index in [4.69, 9.17) is 0 Å². The van der Waals surface area contributed by atoms with Crippen LogP contribution in [0.4, 0.5) is 0 Å². The molecular formula is C18H36IN5. The number of nitrogens with one attached hydrogen (secondary N) is 2. The minimum atomic E-state index is 0. The van der Waals surface area contributed by atoms with Gasteiger partial charge in [-0.25, -0.2) is 4.98 Å². The highest BCUT2D eigenvalue weighted by Crippen LogP contribution is 2.11. The number of nitrogens with zero attached hydrogens (tertiary/aromatic N) is 3. The quantitative estimate of drug-likeness (QED) is 0.322. The SMILES string of the molecule is CCCCC(CC)CNC(=NC)NCc1nccn1CC(C)C.I. The molecule has 0 radical (unpaired) electrons. The number of rotatable bonds is 10. The van der Waals surface area contributed by atoms with Crippen molar-refractivity contribution in [3.8, 4) is 0 Å². The van der Waals surface area contributed by atoms with E-state index < -0.39 is 0 Å². The third-order valence-corrected chi connectivity index (χ3v) is 4.10. The second-order valence-corrected chi connectivity index (χ2v) is 6.61. The van der Waals surface area contributed by atoms with E-state index in [2.05, 4.69) is 52.9 Å². The first-order valence-corrected chi connectivity index (χ1v) is 9.05.